The van der Waals surface area contributed by atoms with Gasteiger partial charge in [0.25, 0.3) is 11.8 Å². The minimum Gasteiger partial charge on any atom is -0.350 e. The summed E-state index contributed by atoms with van der Waals surface area (Å²) in [5.74, 6) is 0.178. The van der Waals surface area contributed by atoms with Crippen molar-refractivity contribution in [2.24, 2.45) is 5.92 Å². The van der Waals surface area contributed by atoms with E-state index in [-0.39, 0.29) is 23.2 Å². The first-order chi connectivity index (χ1) is 11.9. The Labute approximate surface area is 148 Å². The van der Waals surface area contributed by atoms with E-state index >= 15 is 0 Å². The van der Waals surface area contributed by atoms with Crippen molar-refractivity contribution in [3.05, 3.63) is 59.4 Å². The van der Waals surface area contributed by atoms with E-state index in [1.165, 1.54) is 5.56 Å². The van der Waals surface area contributed by atoms with E-state index in [4.69, 9.17) is 0 Å². The van der Waals surface area contributed by atoms with Crippen LogP contribution in [-0.2, 0) is 0 Å². The van der Waals surface area contributed by atoms with Crippen molar-refractivity contribution in [3.8, 4) is 0 Å². The van der Waals surface area contributed by atoms with Crippen LogP contribution in [0.5, 0.6) is 0 Å². The number of carbonyl (C=O) groups excluding carboxylic acids is 2. The van der Waals surface area contributed by atoms with Crippen molar-refractivity contribution in [1.29, 1.82) is 0 Å². The first kappa shape index (κ1) is 18.6. The van der Waals surface area contributed by atoms with Gasteiger partial charge in [-0.3, -0.25) is 9.59 Å². The lowest BCUT2D eigenvalue weighted by molar-refractivity contribution is 0.0944. The Morgan fingerprint density at radius 3 is 2.08 bits per heavy atom. The van der Waals surface area contributed by atoms with E-state index in [1.807, 2.05) is 38.1 Å². The van der Waals surface area contributed by atoms with Crippen LogP contribution in [0.1, 0.15) is 60.2 Å². The van der Waals surface area contributed by atoms with Gasteiger partial charge in [-0.25, -0.2) is 4.98 Å². The molecule has 0 saturated heterocycles. The normalized spacial score (nSPS) is 10.8. The van der Waals surface area contributed by atoms with Gasteiger partial charge in [-0.2, -0.15) is 0 Å². The Hall–Kier alpha value is -2.69. The second kappa shape index (κ2) is 8.42. The van der Waals surface area contributed by atoms with Crippen LogP contribution in [0.3, 0.4) is 0 Å². The van der Waals surface area contributed by atoms with Crippen LogP contribution in [0.25, 0.3) is 0 Å². The quantitative estimate of drug-likeness (QED) is 0.840. The van der Waals surface area contributed by atoms with Crippen LogP contribution in [0, 0.1) is 5.92 Å². The number of hydrogen-bond acceptors (Lipinski definition) is 3. The molecule has 0 aliphatic rings. The molecule has 2 rings (SSSR count). The molecule has 0 bridgehead atoms. The molecule has 1 aromatic carbocycles. The van der Waals surface area contributed by atoms with E-state index in [0.717, 1.165) is 0 Å². The number of nitrogens with one attached hydrogen (secondary N) is 2. The zero-order valence-electron chi connectivity index (χ0n) is 15.2. The van der Waals surface area contributed by atoms with Gasteiger partial charge in [0, 0.05) is 12.2 Å². The number of pyridine rings is 1. The second-order valence-corrected chi connectivity index (χ2v) is 6.74. The Kier molecular flexibility index (Phi) is 6.28. The van der Waals surface area contributed by atoms with Crippen LogP contribution < -0.4 is 10.6 Å². The number of aromatic nitrogens is 1. The molecule has 0 spiro atoms. The fourth-order valence-electron chi connectivity index (χ4n) is 2.22. The highest BCUT2D eigenvalue weighted by molar-refractivity contribution is 6.03. The van der Waals surface area contributed by atoms with Crippen LogP contribution in [-0.4, -0.2) is 23.3 Å². The van der Waals surface area contributed by atoms with E-state index in [1.54, 1.807) is 18.2 Å². The predicted molar refractivity (Wildman–Crippen MR) is 99.9 cm³/mol. The summed E-state index contributed by atoms with van der Waals surface area (Å²) in [5.41, 5.74) is 2.36. The van der Waals surface area contributed by atoms with Crippen LogP contribution in [0.2, 0.25) is 0 Å². The van der Waals surface area contributed by atoms with E-state index in [0.29, 0.717) is 24.1 Å². The number of anilines is 1. The molecule has 0 aliphatic heterocycles. The molecule has 5 nitrogen and oxygen atoms in total. The van der Waals surface area contributed by atoms with Gasteiger partial charge in [-0.05, 0) is 41.7 Å². The summed E-state index contributed by atoms with van der Waals surface area (Å²) in [6, 6.07) is 12.6. The lowest BCUT2D eigenvalue weighted by atomic mass is 10.0. The molecule has 1 heterocycles. The average Bonchev–Trinajstić information content (AvgIpc) is 2.60. The summed E-state index contributed by atoms with van der Waals surface area (Å²) in [7, 11) is 0. The van der Waals surface area contributed by atoms with Gasteiger partial charge >= 0.3 is 0 Å². The minimum absolute atomic E-state index is 0.213. The SMILES string of the molecule is CC(C)CNC(=O)c1cccc(C(=O)Nc2ccc(C(C)C)cc2)n1. The summed E-state index contributed by atoms with van der Waals surface area (Å²) in [5, 5.41) is 5.61. The van der Waals surface area contributed by atoms with Gasteiger partial charge in [-0.1, -0.05) is 45.9 Å². The number of rotatable bonds is 6. The molecule has 132 valence electrons. The minimum atomic E-state index is -0.337. The monoisotopic (exact) mass is 339 g/mol. The molecule has 0 saturated carbocycles. The van der Waals surface area contributed by atoms with Crippen molar-refractivity contribution >= 4 is 17.5 Å². The Morgan fingerprint density at radius 2 is 1.52 bits per heavy atom. The first-order valence-corrected chi connectivity index (χ1v) is 8.53. The summed E-state index contributed by atoms with van der Waals surface area (Å²) < 4.78 is 0. The molecule has 5 heteroatoms. The standard InChI is InChI=1S/C20H25N3O2/c1-13(2)12-21-19(24)17-6-5-7-18(23-17)20(25)22-16-10-8-15(9-11-16)14(3)4/h5-11,13-14H,12H2,1-4H3,(H,21,24)(H,22,25). The third-order valence-electron chi connectivity index (χ3n) is 3.72. The van der Waals surface area contributed by atoms with Crippen molar-refractivity contribution in [2.45, 2.75) is 33.6 Å². The largest absolute Gasteiger partial charge is 0.350 e. The highest BCUT2D eigenvalue weighted by Crippen LogP contribution is 2.17. The summed E-state index contributed by atoms with van der Waals surface area (Å²) in [6.45, 7) is 8.84. The third-order valence-corrected chi connectivity index (χ3v) is 3.72. The van der Waals surface area contributed by atoms with E-state index in [2.05, 4.69) is 29.5 Å². The van der Waals surface area contributed by atoms with Crippen molar-refractivity contribution in [2.75, 3.05) is 11.9 Å². The predicted octanol–water partition coefficient (Wildman–Crippen LogP) is 3.84. The highest BCUT2D eigenvalue weighted by atomic mass is 16.2. The molecule has 1 aromatic heterocycles. The van der Waals surface area contributed by atoms with Crippen LogP contribution >= 0.6 is 0 Å². The molecule has 0 atom stereocenters. The zero-order valence-corrected chi connectivity index (χ0v) is 15.2. The molecule has 0 unspecified atom stereocenters. The zero-order chi connectivity index (χ0) is 18.4. The van der Waals surface area contributed by atoms with E-state index in [9.17, 15) is 9.59 Å². The Morgan fingerprint density at radius 1 is 0.920 bits per heavy atom. The number of benzene rings is 1. The Balaban J connectivity index is 2.06. The first-order valence-electron chi connectivity index (χ1n) is 8.53. The maximum Gasteiger partial charge on any atom is 0.274 e. The van der Waals surface area contributed by atoms with Gasteiger partial charge in [0.1, 0.15) is 11.4 Å². The Bertz CT molecular complexity index is 737. The van der Waals surface area contributed by atoms with Gasteiger partial charge < -0.3 is 10.6 Å². The molecule has 2 aromatic rings. The smallest absolute Gasteiger partial charge is 0.274 e. The fourth-order valence-corrected chi connectivity index (χ4v) is 2.22. The lowest BCUT2D eigenvalue weighted by Crippen LogP contribution is -2.28. The maximum absolute atomic E-state index is 12.4. The molecule has 25 heavy (non-hydrogen) atoms. The van der Waals surface area contributed by atoms with Crippen LogP contribution in [0.15, 0.2) is 42.5 Å². The topological polar surface area (TPSA) is 71.1 Å². The number of nitrogens with zero attached hydrogens (tertiary/aromatic N) is 1. The summed E-state index contributed by atoms with van der Waals surface area (Å²) in [6.07, 6.45) is 0. The van der Waals surface area contributed by atoms with Crippen LogP contribution in [0.4, 0.5) is 5.69 Å². The summed E-state index contributed by atoms with van der Waals surface area (Å²) in [4.78, 5) is 28.6. The maximum atomic E-state index is 12.4. The molecule has 2 N–H and O–H groups in total. The number of carbonyl (C=O) groups is 2. The lowest BCUT2D eigenvalue weighted by Gasteiger charge is -2.09. The summed E-state index contributed by atoms with van der Waals surface area (Å²) >= 11 is 0. The van der Waals surface area contributed by atoms with Gasteiger partial charge in [0.2, 0.25) is 0 Å². The fraction of sp³-hybridized carbons (Fsp3) is 0.350. The van der Waals surface area contributed by atoms with Gasteiger partial charge in [-0.15, -0.1) is 0 Å². The second-order valence-electron chi connectivity index (χ2n) is 6.74. The number of amides is 2. The molecular formula is C20H25N3O2. The van der Waals surface area contributed by atoms with Crippen molar-refractivity contribution in [3.63, 3.8) is 0 Å². The van der Waals surface area contributed by atoms with Gasteiger partial charge in [0.15, 0.2) is 0 Å². The molecule has 2 amide bonds. The average molecular weight is 339 g/mol. The number of hydrogen-bond donors (Lipinski definition) is 2. The molecule has 0 radical (unpaired) electrons. The molecule has 0 fully saturated rings. The van der Waals surface area contributed by atoms with Crippen molar-refractivity contribution < 1.29 is 9.59 Å². The van der Waals surface area contributed by atoms with Crippen molar-refractivity contribution in [1.82, 2.24) is 10.3 Å². The highest BCUT2D eigenvalue weighted by Gasteiger charge is 2.13. The molecular weight excluding hydrogens is 314 g/mol. The molecule has 0 aliphatic carbocycles. The van der Waals surface area contributed by atoms with E-state index < -0.39 is 0 Å². The third kappa shape index (κ3) is 5.41. The van der Waals surface area contributed by atoms with Gasteiger partial charge in [0.05, 0.1) is 0 Å².